The molecule has 0 aromatic carbocycles. The third-order valence-corrected chi connectivity index (χ3v) is 4.62. The third kappa shape index (κ3) is 3.12. The predicted octanol–water partition coefficient (Wildman–Crippen LogP) is 2.56. The number of hydrogen-bond donors (Lipinski definition) is 2. The molecular formula is C14H22N2OS. The Balaban J connectivity index is 1.98. The fraction of sp³-hybridized carbons (Fsp3) is 0.643. The predicted molar refractivity (Wildman–Crippen MR) is 75.6 cm³/mol. The molecule has 1 amide bonds. The van der Waals surface area contributed by atoms with Crippen LogP contribution in [-0.4, -0.2) is 19.0 Å². The van der Waals surface area contributed by atoms with Crippen LogP contribution in [0.2, 0.25) is 0 Å². The second kappa shape index (κ2) is 6.34. The first-order valence-electron chi connectivity index (χ1n) is 6.76. The van der Waals surface area contributed by atoms with E-state index in [0.29, 0.717) is 5.92 Å². The third-order valence-electron chi connectivity index (χ3n) is 3.63. The lowest BCUT2D eigenvalue weighted by Crippen LogP contribution is -2.36. The largest absolute Gasteiger partial charge is 0.348 e. The molecule has 0 aliphatic carbocycles. The van der Waals surface area contributed by atoms with Crippen LogP contribution in [0.5, 0.6) is 0 Å². The first-order chi connectivity index (χ1) is 8.72. The molecule has 0 spiro atoms. The summed E-state index contributed by atoms with van der Waals surface area (Å²) in [5, 5.41) is 8.58. The van der Waals surface area contributed by atoms with Crippen LogP contribution in [0.3, 0.4) is 0 Å². The lowest BCUT2D eigenvalue weighted by atomic mass is 9.96. The lowest BCUT2D eigenvalue weighted by Gasteiger charge is -2.21. The summed E-state index contributed by atoms with van der Waals surface area (Å²) in [5.41, 5.74) is 0. The molecule has 0 radical (unpaired) electrons. The SMILES string of the molecule is CCCC(NC(=O)C1CNCC1C)c1cccs1. The van der Waals surface area contributed by atoms with Gasteiger partial charge in [0.2, 0.25) is 5.91 Å². The molecular weight excluding hydrogens is 244 g/mol. The van der Waals surface area contributed by atoms with Crippen molar-refractivity contribution in [2.45, 2.75) is 32.7 Å². The van der Waals surface area contributed by atoms with Gasteiger partial charge in [-0.1, -0.05) is 26.3 Å². The van der Waals surface area contributed by atoms with Crippen molar-refractivity contribution in [2.75, 3.05) is 13.1 Å². The highest BCUT2D eigenvalue weighted by Crippen LogP contribution is 2.25. The summed E-state index contributed by atoms with van der Waals surface area (Å²) in [6.07, 6.45) is 2.10. The van der Waals surface area contributed by atoms with Gasteiger partial charge >= 0.3 is 0 Å². The van der Waals surface area contributed by atoms with E-state index < -0.39 is 0 Å². The highest BCUT2D eigenvalue weighted by molar-refractivity contribution is 7.10. The zero-order valence-corrected chi connectivity index (χ0v) is 11.9. The molecule has 18 heavy (non-hydrogen) atoms. The van der Waals surface area contributed by atoms with E-state index in [9.17, 15) is 4.79 Å². The van der Waals surface area contributed by atoms with Crippen molar-refractivity contribution >= 4 is 17.2 Å². The molecule has 100 valence electrons. The lowest BCUT2D eigenvalue weighted by molar-refractivity contribution is -0.126. The maximum absolute atomic E-state index is 12.3. The van der Waals surface area contributed by atoms with E-state index in [1.807, 2.05) is 0 Å². The van der Waals surface area contributed by atoms with E-state index >= 15 is 0 Å². The second-order valence-corrected chi connectivity index (χ2v) is 6.09. The Morgan fingerprint density at radius 1 is 1.61 bits per heavy atom. The van der Waals surface area contributed by atoms with Crippen molar-refractivity contribution in [1.29, 1.82) is 0 Å². The Bertz CT molecular complexity index is 377. The second-order valence-electron chi connectivity index (χ2n) is 5.11. The number of hydrogen-bond acceptors (Lipinski definition) is 3. The van der Waals surface area contributed by atoms with Crippen LogP contribution in [0, 0.1) is 11.8 Å². The van der Waals surface area contributed by atoms with Gasteiger partial charge in [-0.3, -0.25) is 4.79 Å². The number of nitrogens with one attached hydrogen (secondary N) is 2. The van der Waals surface area contributed by atoms with Gasteiger partial charge in [0.15, 0.2) is 0 Å². The molecule has 1 aromatic rings. The van der Waals surface area contributed by atoms with Gasteiger partial charge in [0, 0.05) is 11.4 Å². The zero-order chi connectivity index (χ0) is 13.0. The maximum Gasteiger partial charge on any atom is 0.225 e. The number of amides is 1. The van der Waals surface area contributed by atoms with Gasteiger partial charge in [0.25, 0.3) is 0 Å². The molecule has 1 aromatic heterocycles. The summed E-state index contributed by atoms with van der Waals surface area (Å²) in [5.74, 6) is 0.777. The van der Waals surface area contributed by atoms with Gasteiger partial charge in [-0.05, 0) is 30.3 Å². The molecule has 0 bridgehead atoms. The van der Waals surface area contributed by atoms with Crippen LogP contribution < -0.4 is 10.6 Å². The minimum Gasteiger partial charge on any atom is -0.348 e. The van der Waals surface area contributed by atoms with Gasteiger partial charge in [-0.25, -0.2) is 0 Å². The Labute approximate surface area is 113 Å². The van der Waals surface area contributed by atoms with E-state index in [1.165, 1.54) is 4.88 Å². The van der Waals surface area contributed by atoms with Crippen LogP contribution in [0.4, 0.5) is 0 Å². The molecule has 1 saturated heterocycles. The molecule has 2 heterocycles. The van der Waals surface area contributed by atoms with Gasteiger partial charge < -0.3 is 10.6 Å². The Morgan fingerprint density at radius 2 is 2.44 bits per heavy atom. The topological polar surface area (TPSA) is 41.1 Å². The minimum absolute atomic E-state index is 0.129. The van der Waals surface area contributed by atoms with Crippen LogP contribution in [0.25, 0.3) is 0 Å². The van der Waals surface area contributed by atoms with E-state index in [1.54, 1.807) is 11.3 Å². The van der Waals surface area contributed by atoms with E-state index in [-0.39, 0.29) is 17.9 Å². The summed E-state index contributed by atoms with van der Waals surface area (Å²) < 4.78 is 0. The molecule has 0 saturated carbocycles. The first kappa shape index (κ1) is 13.6. The fourth-order valence-electron chi connectivity index (χ4n) is 2.50. The summed E-state index contributed by atoms with van der Waals surface area (Å²) >= 11 is 1.73. The molecule has 1 fully saturated rings. The maximum atomic E-state index is 12.3. The first-order valence-corrected chi connectivity index (χ1v) is 7.64. The van der Waals surface area contributed by atoms with Crippen molar-refractivity contribution in [3.63, 3.8) is 0 Å². The quantitative estimate of drug-likeness (QED) is 0.860. The van der Waals surface area contributed by atoms with E-state index in [0.717, 1.165) is 25.9 Å². The number of rotatable bonds is 5. The normalized spacial score (nSPS) is 25.0. The average molecular weight is 266 g/mol. The van der Waals surface area contributed by atoms with E-state index in [4.69, 9.17) is 0 Å². The molecule has 1 aliphatic rings. The number of carbonyl (C=O) groups is 1. The monoisotopic (exact) mass is 266 g/mol. The average Bonchev–Trinajstić information content (AvgIpc) is 2.98. The standard InChI is InChI=1S/C14H22N2OS/c1-3-5-12(13-6-4-7-18-13)16-14(17)11-9-15-8-10(11)2/h4,6-7,10-12,15H,3,5,8-9H2,1-2H3,(H,16,17). The summed E-state index contributed by atoms with van der Waals surface area (Å²) in [4.78, 5) is 13.6. The molecule has 2 rings (SSSR count). The number of carbonyl (C=O) groups excluding carboxylic acids is 1. The summed E-state index contributed by atoms with van der Waals surface area (Å²) in [7, 11) is 0. The van der Waals surface area contributed by atoms with Crippen LogP contribution in [0.15, 0.2) is 17.5 Å². The molecule has 1 aliphatic heterocycles. The Morgan fingerprint density at radius 3 is 3.00 bits per heavy atom. The van der Waals surface area contributed by atoms with Gasteiger partial charge in [0.05, 0.1) is 12.0 Å². The van der Waals surface area contributed by atoms with Crippen molar-refractivity contribution in [3.8, 4) is 0 Å². The van der Waals surface area contributed by atoms with E-state index in [2.05, 4.69) is 42.0 Å². The van der Waals surface area contributed by atoms with Crippen LogP contribution in [0.1, 0.15) is 37.6 Å². The molecule has 3 nitrogen and oxygen atoms in total. The molecule has 3 unspecified atom stereocenters. The van der Waals surface area contributed by atoms with Crippen molar-refractivity contribution in [1.82, 2.24) is 10.6 Å². The minimum atomic E-state index is 0.129. The van der Waals surface area contributed by atoms with Crippen LogP contribution in [-0.2, 0) is 4.79 Å². The Hall–Kier alpha value is -0.870. The smallest absolute Gasteiger partial charge is 0.225 e. The molecule has 4 heteroatoms. The van der Waals surface area contributed by atoms with Crippen molar-refractivity contribution in [2.24, 2.45) is 11.8 Å². The van der Waals surface area contributed by atoms with Gasteiger partial charge in [-0.15, -0.1) is 11.3 Å². The van der Waals surface area contributed by atoms with Crippen LogP contribution >= 0.6 is 11.3 Å². The fourth-order valence-corrected chi connectivity index (χ4v) is 3.32. The Kier molecular flexibility index (Phi) is 4.78. The molecule has 3 atom stereocenters. The summed E-state index contributed by atoms with van der Waals surface area (Å²) in [6, 6.07) is 4.35. The summed E-state index contributed by atoms with van der Waals surface area (Å²) in [6.45, 7) is 6.07. The van der Waals surface area contributed by atoms with Gasteiger partial charge in [0.1, 0.15) is 0 Å². The highest BCUT2D eigenvalue weighted by Gasteiger charge is 2.30. The molecule has 2 N–H and O–H groups in total. The highest BCUT2D eigenvalue weighted by atomic mass is 32.1. The zero-order valence-electron chi connectivity index (χ0n) is 11.1. The van der Waals surface area contributed by atoms with Crippen molar-refractivity contribution < 1.29 is 4.79 Å². The van der Waals surface area contributed by atoms with Crippen molar-refractivity contribution in [3.05, 3.63) is 22.4 Å². The van der Waals surface area contributed by atoms with Gasteiger partial charge in [-0.2, -0.15) is 0 Å². The number of thiophene rings is 1.